The molecule has 4 heteroatoms. The van der Waals surface area contributed by atoms with Gasteiger partial charge in [-0.05, 0) is 103 Å². The van der Waals surface area contributed by atoms with Crippen LogP contribution in [0.2, 0.25) is 0 Å². The number of fused-ring (bicyclic) bond motifs is 1. The molecule has 2 saturated carbocycles. The molecule has 2 aliphatic carbocycles. The van der Waals surface area contributed by atoms with Crippen LogP contribution >= 0.6 is 0 Å². The highest BCUT2D eigenvalue weighted by molar-refractivity contribution is 5.26. The molecule has 4 nitrogen and oxygen atoms in total. The summed E-state index contributed by atoms with van der Waals surface area (Å²) in [7, 11) is 0. The molecule has 4 N–H and O–H groups in total. The summed E-state index contributed by atoms with van der Waals surface area (Å²) in [6.45, 7) is 49.8. The van der Waals surface area contributed by atoms with Crippen molar-refractivity contribution in [2.24, 2.45) is 58.2 Å². The number of hydrogen-bond acceptors (Lipinski definition) is 4. The van der Waals surface area contributed by atoms with Crippen molar-refractivity contribution in [3.8, 4) is 0 Å². The van der Waals surface area contributed by atoms with E-state index in [0.717, 1.165) is 30.9 Å². The van der Waals surface area contributed by atoms with Gasteiger partial charge in [0.1, 0.15) is 0 Å². The van der Waals surface area contributed by atoms with Gasteiger partial charge in [0.25, 0.3) is 0 Å². The number of hydrogen-bond donors (Lipinski definition) is 4. The zero-order valence-electron chi connectivity index (χ0n) is 34.7. The molecule has 0 heterocycles. The van der Waals surface area contributed by atoms with Gasteiger partial charge < -0.3 is 21.3 Å². The summed E-state index contributed by atoms with van der Waals surface area (Å²) in [6, 6.07) is 11.7. The van der Waals surface area contributed by atoms with Crippen molar-refractivity contribution in [1.82, 2.24) is 21.3 Å². The molecule has 3 rings (SSSR count). The summed E-state index contributed by atoms with van der Waals surface area (Å²) >= 11 is 0. The van der Waals surface area contributed by atoms with Gasteiger partial charge in [-0.2, -0.15) is 0 Å². The largest absolute Gasteiger partial charge is 0.387 e. The lowest BCUT2D eigenvalue weighted by atomic mass is 9.63. The molecule has 2 aliphatic rings. The average molecular weight is 687 g/mol. The molecule has 282 valence electrons. The fourth-order valence-corrected chi connectivity index (χ4v) is 9.49. The summed E-state index contributed by atoms with van der Waals surface area (Å²) in [5.74, 6) is 4.69. The molecule has 50 heavy (non-hydrogen) atoms. The van der Waals surface area contributed by atoms with Gasteiger partial charge in [-0.3, -0.25) is 0 Å². The molecule has 1 aromatic rings. The third-order valence-corrected chi connectivity index (χ3v) is 13.0. The quantitative estimate of drug-likeness (QED) is 0.0972. The second kappa shape index (κ2) is 17.4. The van der Waals surface area contributed by atoms with Crippen LogP contribution in [0.15, 0.2) is 79.3 Å². The molecule has 0 bridgehead atoms. The van der Waals surface area contributed by atoms with Gasteiger partial charge in [0.2, 0.25) is 0 Å². The Morgan fingerprint density at radius 1 is 0.880 bits per heavy atom. The maximum Gasteiger partial charge on any atom is 0.0539 e. The van der Waals surface area contributed by atoms with Crippen LogP contribution in [-0.4, -0.2) is 24.7 Å². The number of allylic oxidation sites excluding steroid dienone is 2. The second-order valence-corrected chi connectivity index (χ2v) is 18.7. The van der Waals surface area contributed by atoms with Crippen molar-refractivity contribution in [1.29, 1.82) is 0 Å². The third kappa shape index (κ3) is 10.3. The first kappa shape index (κ1) is 42.0. The summed E-state index contributed by atoms with van der Waals surface area (Å²) in [6.07, 6.45) is 4.45. The van der Waals surface area contributed by atoms with E-state index in [-0.39, 0.29) is 23.5 Å². The van der Waals surface area contributed by atoms with Crippen molar-refractivity contribution in [2.45, 2.75) is 140 Å². The average Bonchev–Trinajstić information content (AvgIpc) is 3.33. The molecule has 2 fully saturated rings. The van der Waals surface area contributed by atoms with Crippen LogP contribution in [0.3, 0.4) is 0 Å². The summed E-state index contributed by atoms with van der Waals surface area (Å²) < 4.78 is 0. The topological polar surface area (TPSA) is 48.1 Å². The fourth-order valence-electron chi connectivity index (χ4n) is 9.49. The molecule has 10 unspecified atom stereocenters. The second-order valence-electron chi connectivity index (χ2n) is 18.7. The van der Waals surface area contributed by atoms with E-state index in [1.807, 2.05) is 0 Å². The number of nitrogens with one attached hydrogen (secondary N) is 4. The molecule has 0 saturated heterocycles. The van der Waals surface area contributed by atoms with E-state index in [1.165, 1.54) is 29.0 Å². The number of benzene rings is 1. The van der Waals surface area contributed by atoms with E-state index < -0.39 is 0 Å². The Bertz CT molecular complexity index is 1280. The Morgan fingerprint density at radius 2 is 1.50 bits per heavy atom. The lowest BCUT2D eigenvalue weighted by molar-refractivity contribution is 0.0890. The van der Waals surface area contributed by atoms with Crippen LogP contribution in [0.1, 0.15) is 127 Å². The standard InChI is InChI=1S/C46H78N4/c1-18-22-41(33(9)35(11)47-27-31(7)49-44(32(8)28(2)3)37-23-20-19-21-24-37)50-36(12)42-38(26-40-43(42)46(40,16)17)34(10)39(45(13,14)15)25-30(6)48-29(4)5/h19-21,23-24,28-29,32,34-35,38-44,47-50H,6-7,9,12,18,22,25-27H2,1-5,8,10-11,13-17H3. The van der Waals surface area contributed by atoms with E-state index in [4.69, 9.17) is 6.58 Å². The van der Waals surface area contributed by atoms with Crippen LogP contribution in [0.4, 0.5) is 0 Å². The summed E-state index contributed by atoms with van der Waals surface area (Å²) in [5.41, 5.74) is 6.51. The van der Waals surface area contributed by atoms with E-state index in [0.29, 0.717) is 59.4 Å². The zero-order valence-corrected chi connectivity index (χ0v) is 34.7. The van der Waals surface area contributed by atoms with Crippen molar-refractivity contribution in [2.75, 3.05) is 6.54 Å². The van der Waals surface area contributed by atoms with Crippen molar-refractivity contribution < 1.29 is 0 Å². The van der Waals surface area contributed by atoms with E-state index in [2.05, 4.69) is 161 Å². The third-order valence-electron chi connectivity index (χ3n) is 13.0. The molecule has 1 aromatic carbocycles. The lowest BCUT2D eigenvalue weighted by Crippen LogP contribution is -2.43. The van der Waals surface area contributed by atoms with Gasteiger partial charge >= 0.3 is 0 Å². The van der Waals surface area contributed by atoms with Crippen molar-refractivity contribution in [3.63, 3.8) is 0 Å². The van der Waals surface area contributed by atoms with E-state index >= 15 is 0 Å². The number of rotatable bonds is 21. The highest BCUT2D eigenvalue weighted by Crippen LogP contribution is 2.73. The summed E-state index contributed by atoms with van der Waals surface area (Å²) in [5, 5.41) is 15.2. The van der Waals surface area contributed by atoms with Gasteiger partial charge in [0.15, 0.2) is 0 Å². The van der Waals surface area contributed by atoms with Crippen LogP contribution in [-0.2, 0) is 0 Å². The molecule has 0 spiro atoms. The first-order chi connectivity index (χ1) is 23.2. The first-order valence-electron chi connectivity index (χ1n) is 20.0. The highest BCUT2D eigenvalue weighted by Gasteiger charge is 2.68. The summed E-state index contributed by atoms with van der Waals surface area (Å²) in [4.78, 5) is 0. The Balaban J connectivity index is 1.71. The van der Waals surface area contributed by atoms with Gasteiger partial charge in [-0.15, -0.1) is 0 Å². The lowest BCUT2D eigenvalue weighted by Gasteiger charge is -2.43. The van der Waals surface area contributed by atoms with E-state index in [9.17, 15) is 0 Å². The maximum absolute atomic E-state index is 4.84. The van der Waals surface area contributed by atoms with E-state index in [1.54, 1.807) is 0 Å². The van der Waals surface area contributed by atoms with Crippen LogP contribution in [0, 0.1) is 58.2 Å². The Labute approximate surface area is 309 Å². The van der Waals surface area contributed by atoms with Crippen molar-refractivity contribution >= 4 is 0 Å². The molecular weight excluding hydrogens is 609 g/mol. The van der Waals surface area contributed by atoms with Crippen LogP contribution in [0.25, 0.3) is 0 Å². The van der Waals surface area contributed by atoms with Crippen molar-refractivity contribution in [3.05, 3.63) is 84.9 Å². The molecule has 10 atom stereocenters. The smallest absolute Gasteiger partial charge is 0.0539 e. The van der Waals surface area contributed by atoms with Crippen LogP contribution in [0.5, 0.6) is 0 Å². The minimum absolute atomic E-state index is 0.135. The Morgan fingerprint density at radius 3 is 2.04 bits per heavy atom. The minimum atomic E-state index is 0.135. The Hall–Kier alpha value is -2.46. The molecular formula is C46H78N4. The van der Waals surface area contributed by atoms with Crippen LogP contribution < -0.4 is 21.3 Å². The zero-order chi connectivity index (χ0) is 37.7. The molecule has 0 radical (unpaired) electrons. The minimum Gasteiger partial charge on any atom is -0.387 e. The van der Waals surface area contributed by atoms with Gasteiger partial charge in [-0.1, -0.05) is 132 Å². The normalized spacial score (nSPS) is 24.8. The fraction of sp³-hybridized carbons (Fsp3) is 0.696. The molecule has 0 aromatic heterocycles. The van der Waals surface area contributed by atoms with Gasteiger partial charge in [0, 0.05) is 47.7 Å². The first-order valence-corrected chi connectivity index (χ1v) is 20.0. The SMILES string of the molecule is C=C(CC(C(C)C1CC2C(C1C(=C)NC(CCC)C(=C)C(C)NCC(=C)NC(c1ccccc1)C(C)C(C)C)C2(C)C)C(C)(C)C)NC(C)C. The monoisotopic (exact) mass is 687 g/mol. The molecule has 0 amide bonds. The van der Waals surface area contributed by atoms with Gasteiger partial charge in [0.05, 0.1) is 6.04 Å². The van der Waals surface area contributed by atoms with Gasteiger partial charge in [-0.25, -0.2) is 0 Å². The predicted octanol–water partition coefficient (Wildman–Crippen LogP) is 11.0. The Kier molecular flexibility index (Phi) is 14.6. The highest BCUT2D eigenvalue weighted by atomic mass is 15.0. The predicted molar refractivity (Wildman–Crippen MR) is 220 cm³/mol. The molecule has 0 aliphatic heterocycles. The maximum atomic E-state index is 4.84.